The lowest BCUT2D eigenvalue weighted by molar-refractivity contribution is -0.140. The Kier molecular flexibility index (Phi) is 3.06. The molecule has 0 bridgehead atoms. The molecule has 2 rings (SSSR count). The SMILES string of the molecule is O=C(O)CC1CN(C2CCCCC2)C1. The first-order chi connectivity index (χ1) is 6.75. The van der Waals surface area contributed by atoms with E-state index in [2.05, 4.69) is 4.90 Å². The number of carboxylic acids is 1. The van der Waals surface area contributed by atoms with E-state index in [4.69, 9.17) is 5.11 Å². The van der Waals surface area contributed by atoms with E-state index in [1.807, 2.05) is 0 Å². The number of hydrogen-bond donors (Lipinski definition) is 1. The fourth-order valence-electron chi connectivity index (χ4n) is 2.73. The molecule has 0 unspecified atom stereocenters. The van der Waals surface area contributed by atoms with Crippen LogP contribution in [-0.2, 0) is 4.79 Å². The number of hydrogen-bond acceptors (Lipinski definition) is 2. The van der Waals surface area contributed by atoms with Gasteiger partial charge in [-0.25, -0.2) is 0 Å². The van der Waals surface area contributed by atoms with Gasteiger partial charge in [-0.1, -0.05) is 19.3 Å². The second-order valence-electron chi connectivity index (χ2n) is 4.71. The number of likely N-dealkylation sites (tertiary alicyclic amines) is 1. The van der Waals surface area contributed by atoms with Gasteiger partial charge in [0, 0.05) is 19.1 Å². The summed E-state index contributed by atoms with van der Waals surface area (Å²) in [6.07, 6.45) is 7.15. The maximum atomic E-state index is 10.5. The molecule has 1 heterocycles. The second-order valence-corrected chi connectivity index (χ2v) is 4.71. The van der Waals surface area contributed by atoms with E-state index in [0.29, 0.717) is 12.3 Å². The smallest absolute Gasteiger partial charge is 0.303 e. The Hall–Kier alpha value is -0.570. The van der Waals surface area contributed by atoms with Crippen LogP contribution in [0.25, 0.3) is 0 Å². The minimum Gasteiger partial charge on any atom is -0.481 e. The highest BCUT2D eigenvalue weighted by Gasteiger charge is 2.33. The van der Waals surface area contributed by atoms with Gasteiger partial charge in [-0.2, -0.15) is 0 Å². The minimum atomic E-state index is -0.640. The first kappa shape index (κ1) is 9.97. The van der Waals surface area contributed by atoms with Crippen LogP contribution in [0.3, 0.4) is 0 Å². The molecule has 1 saturated carbocycles. The third-order valence-electron chi connectivity index (χ3n) is 3.54. The largest absolute Gasteiger partial charge is 0.481 e. The number of aliphatic carboxylic acids is 1. The Labute approximate surface area is 85.1 Å². The predicted molar refractivity (Wildman–Crippen MR) is 54.2 cm³/mol. The van der Waals surface area contributed by atoms with Gasteiger partial charge in [0.25, 0.3) is 0 Å². The van der Waals surface area contributed by atoms with Gasteiger partial charge in [-0.15, -0.1) is 0 Å². The maximum Gasteiger partial charge on any atom is 0.303 e. The molecule has 0 atom stereocenters. The van der Waals surface area contributed by atoms with Gasteiger partial charge in [-0.3, -0.25) is 9.69 Å². The molecule has 2 fully saturated rings. The van der Waals surface area contributed by atoms with Gasteiger partial charge in [0.05, 0.1) is 6.42 Å². The molecule has 1 N–H and O–H groups in total. The van der Waals surface area contributed by atoms with E-state index < -0.39 is 5.97 Å². The molecule has 2 aliphatic rings. The molecular weight excluding hydrogens is 178 g/mol. The van der Waals surface area contributed by atoms with Crippen LogP contribution >= 0.6 is 0 Å². The van der Waals surface area contributed by atoms with E-state index in [0.717, 1.165) is 19.1 Å². The Morgan fingerprint density at radius 3 is 2.43 bits per heavy atom. The average Bonchev–Trinajstić information content (AvgIpc) is 2.12. The van der Waals surface area contributed by atoms with Crippen LogP contribution in [0, 0.1) is 5.92 Å². The van der Waals surface area contributed by atoms with Crippen LogP contribution in [0.2, 0.25) is 0 Å². The van der Waals surface area contributed by atoms with Crippen molar-refractivity contribution in [2.75, 3.05) is 13.1 Å². The first-order valence-electron chi connectivity index (χ1n) is 5.71. The van der Waals surface area contributed by atoms with Gasteiger partial charge in [0.2, 0.25) is 0 Å². The summed E-state index contributed by atoms with van der Waals surface area (Å²) in [6, 6.07) is 0.772. The number of nitrogens with zero attached hydrogens (tertiary/aromatic N) is 1. The topological polar surface area (TPSA) is 40.5 Å². The Morgan fingerprint density at radius 1 is 1.21 bits per heavy atom. The molecular formula is C11H19NO2. The van der Waals surface area contributed by atoms with Crippen LogP contribution in [0.1, 0.15) is 38.5 Å². The van der Waals surface area contributed by atoms with Crippen molar-refractivity contribution in [3.63, 3.8) is 0 Å². The number of carboxylic acid groups (broad SMARTS) is 1. The van der Waals surface area contributed by atoms with Crippen molar-refractivity contribution in [3.05, 3.63) is 0 Å². The summed E-state index contributed by atoms with van der Waals surface area (Å²) in [6.45, 7) is 2.05. The van der Waals surface area contributed by atoms with E-state index in [9.17, 15) is 4.79 Å². The molecule has 0 aromatic heterocycles. The molecule has 0 spiro atoms. The van der Waals surface area contributed by atoms with Crippen LogP contribution in [0.15, 0.2) is 0 Å². The first-order valence-corrected chi connectivity index (χ1v) is 5.71. The van der Waals surface area contributed by atoms with Crippen molar-refractivity contribution in [1.29, 1.82) is 0 Å². The van der Waals surface area contributed by atoms with Crippen LogP contribution < -0.4 is 0 Å². The van der Waals surface area contributed by atoms with Gasteiger partial charge in [0.15, 0.2) is 0 Å². The molecule has 0 amide bonds. The molecule has 80 valence electrons. The standard InChI is InChI=1S/C11H19NO2/c13-11(14)6-9-7-12(8-9)10-4-2-1-3-5-10/h9-10H,1-8H2,(H,13,14). The lowest BCUT2D eigenvalue weighted by atomic mass is 9.88. The molecule has 1 saturated heterocycles. The normalized spacial score (nSPS) is 26.0. The molecule has 1 aliphatic heterocycles. The highest BCUT2D eigenvalue weighted by atomic mass is 16.4. The van der Waals surface area contributed by atoms with E-state index in [-0.39, 0.29) is 0 Å². The van der Waals surface area contributed by atoms with Crippen molar-refractivity contribution in [3.8, 4) is 0 Å². The second kappa shape index (κ2) is 4.30. The Bertz CT molecular complexity index is 205. The summed E-state index contributed by atoms with van der Waals surface area (Å²) in [5.41, 5.74) is 0. The van der Waals surface area contributed by atoms with Gasteiger partial charge in [-0.05, 0) is 18.8 Å². The van der Waals surface area contributed by atoms with Crippen molar-refractivity contribution in [2.45, 2.75) is 44.6 Å². The quantitative estimate of drug-likeness (QED) is 0.749. The lowest BCUT2D eigenvalue weighted by Crippen LogP contribution is -2.53. The minimum absolute atomic E-state index is 0.364. The highest BCUT2D eigenvalue weighted by molar-refractivity contribution is 5.67. The summed E-state index contributed by atoms with van der Waals surface area (Å²) in [5, 5.41) is 8.63. The van der Waals surface area contributed by atoms with Crippen LogP contribution in [0.4, 0.5) is 0 Å². The zero-order chi connectivity index (χ0) is 9.97. The lowest BCUT2D eigenvalue weighted by Gasteiger charge is -2.45. The zero-order valence-corrected chi connectivity index (χ0v) is 8.61. The van der Waals surface area contributed by atoms with Crippen molar-refractivity contribution in [2.24, 2.45) is 5.92 Å². The Balaban J connectivity index is 1.68. The molecule has 3 heteroatoms. The average molecular weight is 197 g/mol. The van der Waals surface area contributed by atoms with Gasteiger partial charge >= 0.3 is 5.97 Å². The molecule has 0 aromatic rings. The summed E-state index contributed by atoms with van der Waals surface area (Å²) < 4.78 is 0. The third kappa shape index (κ3) is 2.27. The summed E-state index contributed by atoms with van der Waals surface area (Å²) >= 11 is 0. The highest BCUT2D eigenvalue weighted by Crippen LogP contribution is 2.29. The van der Waals surface area contributed by atoms with Crippen molar-refractivity contribution in [1.82, 2.24) is 4.90 Å². The maximum absolute atomic E-state index is 10.5. The zero-order valence-electron chi connectivity index (χ0n) is 8.61. The van der Waals surface area contributed by atoms with Gasteiger partial charge < -0.3 is 5.11 Å². The van der Waals surface area contributed by atoms with Crippen molar-refractivity contribution >= 4 is 5.97 Å². The summed E-state index contributed by atoms with van der Waals surface area (Å²) in [7, 11) is 0. The van der Waals surface area contributed by atoms with E-state index in [1.54, 1.807) is 0 Å². The van der Waals surface area contributed by atoms with E-state index in [1.165, 1.54) is 32.1 Å². The fraction of sp³-hybridized carbons (Fsp3) is 0.909. The molecule has 0 radical (unpaired) electrons. The number of carbonyl (C=O) groups is 1. The van der Waals surface area contributed by atoms with Crippen LogP contribution in [-0.4, -0.2) is 35.1 Å². The number of rotatable bonds is 3. The van der Waals surface area contributed by atoms with Crippen LogP contribution in [0.5, 0.6) is 0 Å². The van der Waals surface area contributed by atoms with Gasteiger partial charge in [0.1, 0.15) is 0 Å². The monoisotopic (exact) mass is 197 g/mol. The fourth-order valence-corrected chi connectivity index (χ4v) is 2.73. The summed E-state index contributed by atoms with van der Waals surface area (Å²) in [5.74, 6) is -0.215. The molecule has 14 heavy (non-hydrogen) atoms. The van der Waals surface area contributed by atoms with Crippen molar-refractivity contribution < 1.29 is 9.90 Å². The van der Waals surface area contributed by atoms with E-state index >= 15 is 0 Å². The summed E-state index contributed by atoms with van der Waals surface area (Å²) in [4.78, 5) is 12.9. The molecule has 0 aromatic carbocycles. The third-order valence-corrected chi connectivity index (χ3v) is 3.54. The molecule has 3 nitrogen and oxygen atoms in total. The molecule has 1 aliphatic carbocycles. The predicted octanol–water partition coefficient (Wildman–Crippen LogP) is 1.73. The Morgan fingerprint density at radius 2 is 1.86 bits per heavy atom.